The molecule has 2 aromatic rings. The number of amides is 2. The van der Waals surface area contributed by atoms with Crippen molar-refractivity contribution in [1.82, 2.24) is 10.1 Å². The van der Waals surface area contributed by atoms with E-state index in [0.717, 1.165) is 4.47 Å². The van der Waals surface area contributed by atoms with Crippen LogP contribution in [0.15, 0.2) is 39.3 Å². The van der Waals surface area contributed by atoms with E-state index in [1.165, 1.54) is 11.9 Å². The monoisotopic (exact) mass is 394 g/mol. The predicted molar refractivity (Wildman–Crippen MR) is 93.2 cm³/mol. The highest BCUT2D eigenvalue weighted by molar-refractivity contribution is 9.10. The topological polar surface area (TPSA) is 101 Å². The van der Waals surface area contributed by atoms with Crippen LogP contribution in [-0.4, -0.2) is 35.5 Å². The van der Waals surface area contributed by atoms with E-state index in [4.69, 9.17) is 10.3 Å². The van der Waals surface area contributed by atoms with Crippen molar-refractivity contribution in [2.24, 2.45) is 5.73 Å². The largest absolute Gasteiger partial charge is 0.360 e. The van der Waals surface area contributed by atoms with Gasteiger partial charge < -0.3 is 20.5 Å². The number of carbonyl (C=O) groups excluding carboxylic acids is 2. The van der Waals surface area contributed by atoms with Crippen LogP contribution in [0.1, 0.15) is 18.2 Å². The minimum absolute atomic E-state index is 0.145. The average molecular weight is 395 g/mol. The Morgan fingerprint density at radius 3 is 2.54 bits per heavy atom. The predicted octanol–water partition coefficient (Wildman–Crippen LogP) is 2.02. The first-order valence-electron chi connectivity index (χ1n) is 7.24. The highest BCUT2D eigenvalue weighted by atomic mass is 79.9. The summed E-state index contributed by atoms with van der Waals surface area (Å²) in [5.41, 5.74) is 5.62. The van der Waals surface area contributed by atoms with E-state index >= 15 is 0 Å². The molecule has 0 aliphatic rings. The van der Waals surface area contributed by atoms with Crippen molar-refractivity contribution in [3.8, 4) is 0 Å². The molecule has 0 saturated heterocycles. The van der Waals surface area contributed by atoms with Crippen LogP contribution in [0.25, 0.3) is 0 Å². The highest BCUT2D eigenvalue weighted by Crippen LogP contribution is 2.22. The molecule has 0 fully saturated rings. The quantitative estimate of drug-likeness (QED) is 0.807. The van der Waals surface area contributed by atoms with Crippen LogP contribution in [0.2, 0.25) is 0 Å². The number of aromatic nitrogens is 1. The van der Waals surface area contributed by atoms with Gasteiger partial charge in [0.1, 0.15) is 11.3 Å². The lowest BCUT2D eigenvalue weighted by Gasteiger charge is -2.29. The van der Waals surface area contributed by atoms with Crippen LogP contribution in [0.3, 0.4) is 0 Å². The summed E-state index contributed by atoms with van der Waals surface area (Å²) < 4.78 is 5.76. The molecule has 0 bridgehead atoms. The van der Waals surface area contributed by atoms with Gasteiger partial charge in [-0.05, 0) is 31.5 Å². The number of likely N-dealkylation sites (N-methyl/N-ethyl adjacent to an activating group) is 1. The van der Waals surface area contributed by atoms with Crippen molar-refractivity contribution in [3.05, 3.63) is 46.1 Å². The van der Waals surface area contributed by atoms with E-state index in [9.17, 15) is 9.59 Å². The van der Waals surface area contributed by atoms with Gasteiger partial charge in [-0.2, -0.15) is 0 Å². The normalized spacial score (nSPS) is 13.2. The molecule has 2 rings (SSSR count). The number of aryl methyl sites for hydroxylation is 1. The van der Waals surface area contributed by atoms with E-state index in [0.29, 0.717) is 17.1 Å². The number of carbonyl (C=O) groups is 2. The number of benzene rings is 1. The van der Waals surface area contributed by atoms with Gasteiger partial charge in [0.25, 0.3) is 0 Å². The third kappa shape index (κ3) is 4.21. The Bertz CT molecular complexity index is 740. The van der Waals surface area contributed by atoms with Crippen molar-refractivity contribution < 1.29 is 14.1 Å². The molecular formula is C16H19BrN4O3. The van der Waals surface area contributed by atoms with Gasteiger partial charge in [-0.15, -0.1) is 0 Å². The van der Waals surface area contributed by atoms with Crippen LogP contribution >= 0.6 is 15.9 Å². The number of hydrogen-bond acceptors (Lipinski definition) is 5. The molecule has 1 atom stereocenters. The van der Waals surface area contributed by atoms with Gasteiger partial charge in [-0.25, -0.2) is 0 Å². The van der Waals surface area contributed by atoms with Crippen LogP contribution < -0.4 is 11.1 Å². The smallest absolute Gasteiger partial charge is 0.247 e. The van der Waals surface area contributed by atoms with Crippen LogP contribution in [0.4, 0.5) is 5.82 Å². The number of anilines is 1. The van der Waals surface area contributed by atoms with Gasteiger partial charge in [-0.3, -0.25) is 9.59 Å². The fraction of sp³-hybridized carbons (Fsp3) is 0.312. The third-order valence-corrected chi connectivity index (χ3v) is 4.04. The summed E-state index contributed by atoms with van der Waals surface area (Å²) in [5.74, 6) is 0.142. The summed E-state index contributed by atoms with van der Waals surface area (Å²) in [6, 6.07) is 8.76. The number of halogens is 1. The van der Waals surface area contributed by atoms with Crippen LogP contribution in [0.5, 0.6) is 0 Å². The lowest BCUT2D eigenvalue weighted by molar-refractivity contribution is -0.138. The number of nitrogens with one attached hydrogen (secondary N) is 1. The zero-order valence-corrected chi connectivity index (χ0v) is 15.3. The molecule has 1 unspecified atom stereocenters. The second kappa shape index (κ2) is 7.14. The van der Waals surface area contributed by atoms with Crippen molar-refractivity contribution in [2.75, 3.05) is 18.9 Å². The fourth-order valence-corrected chi connectivity index (χ4v) is 2.48. The molecule has 1 aromatic heterocycles. The van der Waals surface area contributed by atoms with Crippen LogP contribution in [0, 0.1) is 6.92 Å². The molecule has 1 aromatic carbocycles. The van der Waals surface area contributed by atoms with Crippen molar-refractivity contribution >= 4 is 33.6 Å². The van der Waals surface area contributed by atoms with Crippen molar-refractivity contribution in [3.63, 3.8) is 0 Å². The molecule has 7 nitrogen and oxygen atoms in total. The number of rotatable bonds is 5. The van der Waals surface area contributed by atoms with Gasteiger partial charge in [0, 0.05) is 17.6 Å². The minimum Gasteiger partial charge on any atom is -0.360 e. The average Bonchev–Trinajstić information content (AvgIpc) is 2.91. The van der Waals surface area contributed by atoms with Gasteiger partial charge in [0.15, 0.2) is 5.82 Å². The maximum atomic E-state index is 12.6. The second-order valence-corrected chi connectivity index (χ2v) is 6.66. The molecule has 0 radical (unpaired) electrons. The zero-order valence-electron chi connectivity index (χ0n) is 13.7. The maximum Gasteiger partial charge on any atom is 0.247 e. The van der Waals surface area contributed by atoms with Gasteiger partial charge >= 0.3 is 0 Å². The fourth-order valence-electron chi connectivity index (χ4n) is 2.21. The minimum atomic E-state index is -1.24. The number of hydrogen-bond donors (Lipinski definition) is 2. The number of nitrogens with two attached hydrogens (primary N) is 1. The Morgan fingerprint density at radius 2 is 2.00 bits per heavy atom. The molecule has 128 valence electrons. The lowest BCUT2D eigenvalue weighted by Crippen LogP contribution is -2.51. The first kappa shape index (κ1) is 18.2. The van der Waals surface area contributed by atoms with Crippen molar-refractivity contribution in [1.29, 1.82) is 0 Å². The summed E-state index contributed by atoms with van der Waals surface area (Å²) in [7, 11) is 1.53. The maximum absolute atomic E-state index is 12.6. The molecule has 0 aliphatic carbocycles. The van der Waals surface area contributed by atoms with Crippen LogP contribution in [-0.2, 0) is 15.1 Å². The van der Waals surface area contributed by atoms with Gasteiger partial charge in [0.05, 0.1) is 6.54 Å². The highest BCUT2D eigenvalue weighted by Gasteiger charge is 2.33. The molecule has 0 aliphatic heterocycles. The summed E-state index contributed by atoms with van der Waals surface area (Å²) in [5, 5.41) is 6.24. The SMILES string of the molecule is Cc1cc(NC(=O)CN(C)C(=O)C(C)(N)c2ccc(Br)cc2)no1. The Hall–Kier alpha value is -2.19. The first-order valence-corrected chi connectivity index (χ1v) is 8.03. The van der Waals surface area contributed by atoms with E-state index in [-0.39, 0.29) is 18.4 Å². The lowest BCUT2D eigenvalue weighted by atomic mass is 9.92. The molecule has 2 amide bonds. The first-order chi connectivity index (χ1) is 11.2. The van der Waals surface area contributed by atoms with Gasteiger partial charge in [-0.1, -0.05) is 33.2 Å². The standard InChI is InChI=1S/C16H19BrN4O3/c1-10-8-13(20-24-10)19-14(22)9-21(3)15(23)16(2,18)11-4-6-12(17)7-5-11/h4-8H,9,18H2,1-3H3,(H,19,20,22). The molecule has 0 saturated carbocycles. The summed E-state index contributed by atoms with van der Waals surface area (Å²) in [6.45, 7) is 3.19. The van der Waals surface area contributed by atoms with E-state index in [1.807, 2.05) is 12.1 Å². The summed E-state index contributed by atoms with van der Waals surface area (Å²) >= 11 is 3.34. The molecule has 1 heterocycles. The molecular weight excluding hydrogens is 376 g/mol. The second-order valence-electron chi connectivity index (χ2n) is 5.74. The van der Waals surface area contributed by atoms with Crippen molar-refractivity contribution in [2.45, 2.75) is 19.4 Å². The van der Waals surface area contributed by atoms with Gasteiger partial charge in [0.2, 0.25) is 11.8 Å². The molecule has 3 N–H and O–H groups in total. The number of nitrogens with zero attached hydrogens (tertiary/aromatic N) is 2. The van der Waals surface area contributed by atoms with E-state index < -0.39 is 5.54 Å². The molecule has 0 spiro atoms. The summed E-state index contributed by atoms with van der Waals surface area (Å²) in [4.78, 5) is 25.9. The molecule has 8 heteroatoms. The Balaban J connectivity index is 2.02. The summed E-state index contributed by atoms with van der Waals surface area (Å²) in [6.07, 6.45) is 0. The Kier molecular flexibility index (Phi) is 5.40. The molecule has 24 heavy (non-hydrogen) atoms. The Morgan fingerprint density at radius 1 is 1.38 bits per heavy atom. The third-order valence-electron chi connectivity index (χ3n) is 3.51. The van der Waals surface area contributed by atoms with E-state index in [2.05, 4.69) is 26.4 Å². The Labute approximate surface area is 148 Å². The van der Waals surface area contributed by atoms with E-state index in [1.54, 1.807) is 32.0 Å². The zero-order chi connectivity index (χ0) is 17.9.